The van der Waals surface area contributed by atoms with Gasteiger partial charge in [0.1, 0.15) is 0 Å². The molecule has 4 heteroatoms. The van der Waals surface area contributed by atoms with E-state index >= 15 is 0 Å². The molecule has 2 atom stereocenters. The van der Waals surface area contributed by atoms with Crippen molar-refractivity contribution in [1.82, 2.24) is 0 Å². The third-order valence-corrected chi connectivity index (χ3v) is 2.44. The van der Waals surface area contributed by atoms with Crippen LogP contribution < -0.4 is 0 Å². The molecular weight excluding hydrogens is 196 g/mol. The molecule has 0 bridgehead atoms. The second-order valence-electron chi connectivity index (χ2n) is 2.42. The molecule has 1 aromatic rings. The molecule has 0 fully saturated rings. The van der Waals surface area contributed by atoms with Crippen molar-refractivity contribution >= 4 is 22.7 Å². The summed E-state index contributed by atoms with van der Waals surface area (Å²) in [6, 6.07) is 6.50. The smallest absolute Gasteiger partial charge is 0.0557 e. The van der Waals surface area contributed by atoms with Gasteiger partial charge >= 0.3 is 0 Å². The third kappa shape index (κ3) is 2.30. The number of halogens is 1. The van der Waals surface area contributed by atoms with E-state index in [-0.39, 0.29) is 10.3 Å². The van der Waals surface area contributed by atoms with Gasteiger partial charge in [0, 0.05) is 4.90 Å². The summed E-state index contributed by atoms with van der Waals surface area (Å²) in [4.78, 5) is 0.288. The summed E-state index contributed by atoms with van der Waals surface area (Å²) in [7, 11) is 0. The Morgan fingerprint density at radius 3 is 2.25 bits per heavy atom. The van der Waals surface area contributed by atoms with Gasteiger partial charge in [-0.2, -0.15) is 0 Å². The first kappa shape index (κ1) is 9.71. The van der Waals surface area contributed by atoms with Crippen molar-refractivity contribution in [2.45, 2.75) is 17.2 Å². The summed E-state index contributed by atoms with van der Waals surface area (Å²) in [5.74, 6) is 0. The molecule has 0 aliphatic heterocycles. The molecule has 0 heterocycles. The highest BCUT2D eigenvalue weighted by Crippen LogP contribution is 2.19. The minimum atomic E-state index is -2.14. The van der Waals surface area contributed by atoms with Gasteiger partial charge in [-0.05, 0) is 35.7 Å². The molecule has 66 valence electrons. The van der Waals surface area contributed by atoms with Gasteiger partial charge in [0.2, 0.25) is 0 Å². The average molecular weight is 204 g/mol. The molecule has 12 heavy (non-hydrogen) atoms. The predicted octanol–water partition coefficient (Wildman–Crippen LogP) is 2.22. The second-order valence-corrected chi connectivity index (χ2v) is 4.02. The SMILES string of the molecule is CC(Cl)c1ccc(S(=O)[O-])cc1. The van der Waals surface area contributed by atoms with Crippen LogP contribution >= 0.6 is 11.6 Å². The molecule has 2 unspecified atom stereocenters. The minimum absolute atomic E-state index is 0.0841. The highest BCUT2D eigenvalue weighted by Gasteiger charge is 1.99. The minimum Gasteiger partial charge on any atom is -0.768 e. The number of hydrogen-bond acceptors (Lipinski definition) is 2. The molecule has 0 aliphatic carbocycles. The Hall–Kier alpha value is -0.380. The third-order valence-electron chi connectivity index (χ3n) is 1.53. The fourth-order valence-electron chi connectivity index (χ4n) is 0.844. The molecule has 2 nitrogen and oxygen atoms in total. The van der Waals surface area contributed by atoms with E-state index in [0.29, 0.717) is 0 Å². The maximum absolute atomic E-state index is 10.4. The summed E-state index contributed by atoms with van der Waals surface area (Å²) in [6.45, 7) is 1.84. The lowest BCUT2D eigenvalue weighted by Gasteiger charge is -2.07. The molecule has 0 aliphatic rings. The fourth-order valence-corrected chi connectivity index (χ4v) is 1.35. The monoisotopic (exact) mass is 203 g/mol. The first-order valence-electron chi connectivity index (χ1n) is 3.44. The van der Waals surface area contributed by atoms with Crippen LogP contribution in [0.2, 0.25) is 0 Å². The Morgan fingerprint density at radius 2 is 1.92 bits per heavy atom. The molecule has 1 rings (SSSR count). The number of alkyl halides is 1. The molecule has 0 amide bonds. The largest absolute Gasteiger partial charge is 0.768 e. The Morgan fingerprint density at radius 1 is 1.42 bits per heavy atom. The summed E-state index contributed by atoms with van der Waals surface area (Å²) in [5, 5.41) is -0.0841. The fraction of sp³-hybridized carbons (Fsp3) is 0.250. The van der Waals surface area contributed by atoms with E-state index in [9.17, 15) is 8.76 Å². The van der Waals surface area contributed by atoms with E-state index < -0.39 is 11.1 Å². The van der Waals surface area contributed by atoms with Gasteiger partial charge in [-0.25, -0.2) is 0 Å². The van der Waals surface area contributed by atoms with Crippen LogP contribution in [0.25, 0.3) is 0 Å². The normalized spacial score (nSPS) is 15.6. The van der Waals surface area contributed by atoms with E-state index in [2.05, 4.69) is 0 Å². The number of hydrogen-bond donors (Lipinski definition) is 0. The highest BCUT2D eigenvalue weighted by molar-refractivity contribution is 7.79. The van der Waals surface area contributed by atoms with Crippen molar-refractivity contribution in [1.29, 1.82) is 0 Å². The quantitative estimate of drug-likeness (QED) is 0.546. The van der Waals surface area contributed by atoms with E-state index in [4.69, 9.17) is 11.6 Å². The summed E-state index contributed by atoms with van der Waals surface area (Å²) < 4.78 is 20.9. The maximum atomic E-state index is 10.4. The Bertz CT molecular complexity index is 282. The first-order valence-corrected chi connectivity index (χ1v) is 4.95. The van der Waals surface area contributed by atoms with Gasteiger partial charge in [0.05, 0.1) is 5.38 Å². The predicted molar refractivity (Wildman–Crippen MR) is 47.9 cm³/mol. The molecule has 0 saturated carbocycles. The lowest BCUT2D eigenvalue weighted by atomic mass is 10.2. The zero-order valence-corrected chi connectivity index (χ0v) is 8.06. The topological polar surface area (TPSA) is 40.1 Å². The highest BCUT2D eigenvalue weighted by atomic mass is 35.5. The van der Waals surface area contributed by atoms with Crippen LogP contribution in [0.4, 0.5) is 0 Å². The van der Waals surface area contributed by atoms with Gasteiger partial charge in [-0.15, -0.1) is 11.6 Å². The van der Waals surface area contributed by atoms with E-state index in [1.165, 1.54) is 12.1 Å². The molecule has 0 spiro atoms. The van der Waals surface area contributed by atoms with E-state index in [1.54, 1.807) is 12.1 Å². The molecule has 0 saturated heterocycles. The van der Waals surface area contributed by atoms with Crippen molar-refractivity contribution in [3.63, 3.8) is 0 Å². The van der Waals surface area contributed by atoms with Crippen molar-refractivity contribution in [2.75, 3.05) is 0 Å². The lowest BCUT2D eigenvalue weighted by Crippen LogP contribution is -1.90. The van der Waals surface area contributed by atoms with Crippen LogP contribution in [-0.2, 0) is 11.1 Å². The van der Waals surface area contributed by atoms with E-state index in [1.807, 2.05) is 6.92 Å². The molecule has 1 aromatic carbocycles. The lowest BCUT2D eigenvalue weighted by molar-refractivity contribution is 0.537. The Labute approximate surface area is 78.8 Å². The van der Waals surface area contributed by atoms with Gasteiger partial charge in [0.15, 0.2) is 0 Å². The summed E-state index contributed by atoms with van der Waals surface area (Å²) >= 11 is 3.64. The first-order chi connectivity index (χ1) is 5.61. The maximum Gasteiger partial charge on any atom is 0.0557 e. The average Bonchev–Trinajstić information content (AvgIpc) is 2.04. The second kappa shape index (κ2) is 4.03. The summed E-state index contributed by atoms with van der Waals surface area (Å²) in [5.41, 5.74) is 0.922. The van der Waals surface area contributed by atoms with Crippen LogP contribution in [-0.4, -0.2) is 8.76 Å². The molecule has 0 N–H and O–H groups in total. The molecule has 0 aromatic heterocycles. The van der Waals surface area contributed by atoms with Gasteiger partial charge < -0.3 is 4.55 Å². The van der Waals surface area contributed by atoms with Crippen LogP contribution in [0.15, 0.2) is 29.2 Å². The van der Waals surface area contributed by atoms with E-state index in [0.717, 1.165) is 5.56 Å². The number of benzene rings is 1. The van der Waals surface area contributed by atoms with Crippen molar-refractivity contribution in [3.8, 4) is 0 Å². The zero-order valence-electron chi connectivity index (χ0n) is 6.49. The standard InChI is InChI=1S/C8H9ClO2S/c1-6(9)7-2-4-8(5-3-7)12(10)11/h2-6H,1H3,(H,10,11)/p-1. The van der Waals surface area contributed by atoms with Crippen LogP contribution in [0.5, 0.6) is 0 Å². The molecular formula is C8H8ClO2S-. The van der Waals surface area contributed by atoms with Crippen molar-refractivity contribution in [2.24, 2.45) is 0 Å². The number of rotatable bonds is 2. The van der Waals surface area contributed by atoms with Gasteiger partial charge in [-0.3, -0.25) is 4.21 Å². The zero-order chi connectivity index (χ0) is 9.14. The van der Waals surface area contributed by atoms with Crippen LogP contribution in [0.1, 0.15) is 17.9 Å². The van der Waals surface area contributed by atoms with Crippen LogP contribution in [0, 0.1) is 0 Å². The Kier molecular flexibility index (Phi) is 3.26. The van der Waals surface area contributed by atoms with Gasteiger partial charge in [0.25, 0.3) is 0 Å². The molecule has 0 radical (unpaired) electrons. The van der Waals surface area contributed by atoms with Gasteiger partial charge in [-0.1, -0.05) is 12.1 Å². The van der Waals surface area contributed by atoms with Crippen molar-refractivity contribution < 1.29 is 8.76 Å². The Balaban J connectivity index is 2.93. The summed E-state index contributed by atoms with van der Waals surface area (Å²) in [6.07, 6.45) is 0. The van der Waals surface area contributed by atoms with Crippen molar-refractivity contribution in [3.05, 3.63) is 29.8 Å². The van der Waals surface area contributed by atoms with Crippen LogP contribution in [0.3, 0.4) is 0 Å².